The molecule has 0 saturated heterocycles. The zero-order valence-electron chi connectivity index (χ0n) is 11.6. The van der Waals surface area contributed by atoms with Crippen molar-refractivity contribution in [3.63, 3.8) is 0 Å². The number of benzene rings is 1. The van der Waals surface area contributed by atoms with Gasteiger partial charge < -0.3 is 9.64 Å². The first-order valence-electron chi connectivity index (χ1n) is 6.51. The summed E-state index contributed by atoms with van der Waals surface area (Å²) in [5, 5.41) is 0. The molecule has 102 valence electrons. The summed E-state index contributed by atoms with van der Waals surface area (Å²) in [4.78, 5) is 25.5. The summed E-state index contributed by atoms with van der Waals surface area (Å²) in [7, 11) is 1.39. The van der Waals surface area contributed by atoms with Crippen molar-refractivity contribution >= 4 is 17.6 Å². The second-order valence-corrected chi connectivity index (χ2v) is 5.14. The molecule has 4 nitrogen and oxygen atoms in total. The second-order valence-electron chi connectivity index (χ2n) is 5.14. The maximum absolute atomic E-state index is 12.2. The topological polar surface area (TPSA) is 46.6 Å². The van der Waals surface area contributed by atoms with Crippen molar-refractivity contribution < 1.29 is 14.3 Å². The molecule has 1 aliphatic rings. The summed E-state index contributed by atoms with van der Waals surface area (Å²) in [5.74, 6) is -0.158. The number of esters is 1. The Morgan fingerprint density at radius 1 is 1.37 bits per heavy atom. The molecule has 19 heavy (non-hydrogen) atoms. The lowest BCUT2D eigenvalue weighted by molar-refractivity contribution is -0.141. The molecule has 0 aromatic heterocycles. The van der Waals surface area contributed by atoms with Crippen molar-refractivity contribution in [2.24, 2.45) is 5.92 Å². The van der Waals surface area contributed by atoms with Crippen molar-refractivity contribution in [1.82, 2.24) is 0 Å². The number of para-hydroxylation sites is 1. The van der Waals surface area contributed by atoms with Crippen LogP contribution in [0.25, 0.3) is 0 Å². The molecule has 4 heteroatoms. The van der Waals surface area contributed by atoms with Crippen LogP contribution in [0.2, 0.25) is 0 Å². The van der Waals surface area contributed by atoms with Gasteiger partial charge in [-0.05, 0) is 11.6 Å². The zero-order chi connectivity index (χ0) is 14.0. The summed E-state index contributed by atoms with van der Waals surface area (Å²) in [5.41, 5.74) is 1.98. The largest absolute Gasteiger partial charge is 0.469 e. The van der Waals surface area contributed by atoms with Gasteiger partial charge in [0.1, 0.15) is 0 Å². The van der Waals surface area contributed by atoms with Crippen LogP contribution in [0.15, 0.2) is 24.3 Å². The van der Waals surface area contributed by atoms with Crippen LogP contribution in [0.3, 0.4) is 0 Å². The Morgan fingerprint density at radius 3 is 2.68 bits per heavy atom. The van der Waals surface area contributed by atoms with Gasteiger partial charge in [0.05, 0.1) is 13.5 Å². The van der Waals surface area contributed by atoms with Crippen molar-refractivity contribution in [3.8, 4) is 0 Å². The Hall–Kier alpha value is -1.84. The highest BCUT2D eigenvalue weighted by molar-refractivity contribution is 5.97. The summed E-state index contributed by atoms with van der Waals surface area (Å²) in [6.45, 7) is 4.34. The molecule has 0 fully saturated rings. The quantitative estimate of drug-likeness (QED) is 0.785. The van der Waals surface area contributed by atoms with E-state index >= 15 is 0 Å². The smallest absolute Gasteiger partial charge is 0.306 e. The average molecular weight is 261 g/mol. The normalized spacial score (nSPS) is 17.5. The molecule has 1 amide bonds. The molecule has 0 bridgehead atoms. The first-order valence-corrected chi connectivity index (χ1v) is 6.51. The fourth-order valence-electron chi connectivity index (χ4n) is 2.48. The third kappa shape index (κ3) is 2.62. The fraction of sp³-hybridized carbons (Fsp3) is 0.467. The van der Waals surface area contributed by atoms with Gasteiger partial charge in [-0.2, -0.15) is 0 Å². The van der Waals surface area contributed by atoms with Crippen LogP contribution in [0, 0.1) is 5.92 Å². The molecule has 0 aliphatic carbocycles. The molecule has 1 aromatic carbocycles. The number of fused-ring (bicyclic) bond motifs is 1. The number of methoxy groups -OCH3 is 1. The summed E-state index contributed by atoms with van der Waals surface area (Å²) in [6.07, 6.45) is 0.315. The minimum absolute atomic E-state index is 0.0337. The van der Waals surface area contributed by atoms with E-state index in [-0.39, 0.29) is 23.7 Å². The van der Waals surface area contributed by atoms with Crippen LogP contribution in [0.4, 0.5) is 5.69 Å². The Morgan fingerprint density at radius 2 is 2.05 bits per heavy atom. The van der Waals surface area contributed by atoms with Gasteiger partial charge in [0.25, 0.3) is 0 Å². The number of ether oxygens (including phenoxy) is 1. The molecule has 1 aliphatic heterocycles. The lowest BCUT2D eigenvalue weighted by Gasteiger charge is -2.20. The molecule has 0 spiro atoms. The first kappa shape index (κ1) is 13.6. The van der Waals surface area contributed by atoms with Crippen LogP contribution >= 0.6 is 0 Å². The number of rotatable bonds is 3. The Bertz CT molecular complexity index is 496. The van der Waals surface area contributed by atoms with Crippen LogP contribution < -0.4 is 4.90 Å². The third-order valence-corrected chi connectivity index (χ3v) is 3.47. The fourth-order valence-corrected chi connectivity index (χ4v) is 2.48. The predicted molar refractivity (Wildman–Crippen MR) is 73.0 cm³/mol. The van der Waals surface area contributed by atoms with Gasteiger partial charge in [-0.15, -0.1) is 0 Å². The van der Waals surface area contributed by atoms with Gasteiger partial charge in [-0.25, -0.2) is 0 Å². The predicted octanol–water partition coefficient (Wildman–Crippen LogP) is 2.34. The zero-order valence-corrected chi connectivity index (χ0v) is 11.6. The van der Waals surface area contributed by atoms with Crippen LogP contribution in [-0.2, 0) is 14.3 Å². The van der Waals surface area contributed by atoms with Gasteiger partial charge in [0, 0.05) is 24.1 Å². The van der Waals surface area contributed by atoms with E-state index in [2.05, 4.69) is 0 Å². The number of hydrogen-bond acceptors (Lipinski definition) is 3. The highest BCUT2D eigenvalue weighted by atomic mass is 16.5. The number of carbonyl (C=O) groups excluding carboxylic acids is 2. The molecule has 1 aromatic rings. The van der Waals surface area contributed by atoms with E-state index in [1.807, 2.05) is 38.1 Å². The average Bonchev–Trinajstić information content (AvgIpc) is 2.76. The minimum atomic E-state index is -0.237. The number of hydrogen-bond donors (Lipinski definition) is 0. The molecular weight excluding hydrogens is 242 g/mol. The molecule has 2 rings (SSSR count). The highest BCUT2D eigenvalue weighted by Gasteiger charge is 2.34. The number of amides is 1. The lowest BCUT2D eigenvalue weighted by atomic mass is 9.98. The van der Waals surface area contributed by atoms with Gasteiger partial charge in [-0.3, -0.25) is 9.59 Å². The maximum atomic E-state index is 12.2. The van der Waals surface area contributed by atoms with Crippen LogP contribution in [0.5, 0.6) is 0 Å². The third-order valence-electron chi connectivity index (χ3n) is 3.47. The maximum Gasteiger partial charge on any atom is 0.306 e. The van der Waals surface area contributed by atoms with E-state index < -0.39 is 0 Å². The van der Waals surface area contributed by atoms with Gasteiger partial charge in [0.15, 0.2) is 0 Å². The molecular formula is C15H19NO3. The van der Waals surface area contributed by atoms with E-state index in [1.54, 1.807) is 4.90 Å². The van der Waals surface area contributed by atoms with Gasteiger partial charge >= 0.3 is 5.97 Å². The van der Waals surface area contributed by atoms with Crippen LogP contribution in [-0.4, -0.2) is 25.5 Å². The Labute approximate surface area is 113 Å². The van der Waals surface area contributed by atoms with Gasteiger partial charge in [0.2, 0.25) is 5.91 Å². The number of carbonyl (C=O) groups is 2. The standard InChI is InChI=1S/C15H19NO3/c1-10(2)15(18)16-9-11(8-14(17)19-3)12-6-4-5-7-13(12)16/h4-7,10-11H,8-9H2,1-3H3. The highest BCUT2D eigenvalue weighted by Crippen LogP contribution is 2.38. The molecule has 1 unspecified atom stereocenters. The van der Waals surface area contributed by atoms with Crippen molar-refractivity contribution in [1.29, 1.82) is 0 Å². The Kier molecular flexibility index (Phi) is 3.88. The summed E-state index contributed by atoms with van der Waals surface area (Å²) < 4.78 is 4.73. The monoisotopic (exact) mass is 261 g/mol. The summed E-state index contributed by atoms with van der Waals surface area (Å²) in [6, 6.07) is 7.77. The van der Waals surface area contributed by atoms with Crippen molar-refractivity contribution in [2.75, 3.05) is 18.6 Å². The van der Waals surface area contributed by atoms with E-state index in [4.69, 9.17) is 4.74 Å². The molecule has 0 saturated carbocycles. The van der Waals surface area contributed by atoms with E-state index in [0.717, 1.165) is 11.3 Å². The number of anilines is 1. The molecule has 1 heterocycles. The SMILES string of the molecule is COC(=O)CC1CN(C(=O)C(C)C)c2ccccc21. The minimum Gasteiger partial charge on any atom is -0.469 e. The second kappa shape index (κ2) is 5.43. The molecule has 1 atom stereocenters. The molecule has 0 radical (unpaired) electrons. The van der Waals surface area contributed by atoms with Crippen molar-refractivity contribution in [3.05, 3.63) is 29.8 Å². The van der Waals surface area contributed by atoms with Crippen molar-refractivity contribution in [2.45, 2.75) is 26.2 Å². The van der Waals surface area contributed by atoms with Gasteiger partial charge in [-0.1, -0.05) is 32.0 Å². The van der Waals surface area contributed by atoms with E-state index in [0.29, 0.717) is 13.0 Å². The van der Waals surface area contributed by atoms with E-state index in [9.17, 15) is 9.59 Å². The Balaban J connectivity index is 2.28. The first-order chi connectivity index (χ1) is 9.04. The summed E-state index contributed by atoms with van der Waals surface area (Å²) >= 11 is 0. The van der Waals surface area contributed by atoms with Crippen LogP contribution in [0.1, 0.15) is 31.7 Å². The lowest BCUT2D eigenvalue weighted by Crippen LogP contribution is -2.33. The number of nitrogens with zero attached hydrogens (tertiary/aromatic N) is 1. The molecule has 0 N–H and O–H groups in total. The van der Waals surface area contributed by atoms with E-state index in [1.165, 1.54) is 7.11 Å².